The summed E-state index contributed by atoms with van der Waals surface area (Å²) < 4.78 is 10.5. The number of thioether (sulfide) groups is 1. The molecule has 1 atom stereocenters. The second kappa shape index (κ2) is 11.1. The molecule has 1 unspecified atom stereocenters. The molecule has 0 saturated carbocycles. The maximum atomic E-state index is 12.9. The van der Waals surface area contributed by atoms with Gasteiger partial charge in [0, 0.05) is 31.5 Å². The first kappa shape index (κ1) is 26.8. The lowest BCUT2D eigenvalue weighted by molar-refractivity contribution is -0.169. The fraction of sp³-hybridized carbons (Fsp3) is 0.857. The lowest BCUT2D eigenvalue weighted by atomic mass is 9.75. The van der Waals surface area contributed by atoms with E-state index >= 15 is 0 Å². The fourth-order valence-electron chi connectivity index (χ4n) is 3.02. The minimum absolute atomic E-state index is 0.100. The number of nitrogens with zero attached hydrogens (tertiary/aromatic N) is 1. The number of amides is 1. The number of hydrogen-bond acceptors (Lipinski definition) is 6. The van der Waals surface area contributed by atoms with E-state index in [1.165, 1.54) is 18.9 Å². The van der Waals surface area contributed by atoms with Gasteiger partial charge < -0.3 is 14.4 Å². The Balaban J connectivity index is 5.12. The molecule has 0 heterocycles. The summed E-state index contributed by atoms with van der Waals surface area (Å²) in [5.41, 5.74) is -2.30. The average molecular weight is 418 g/mol. The van der Waals surface area contributed by atoms with Crippen molar-refractivity contribution in [2.24, 2.45) is 10.8 Å². The van der Waals surface area contributed by atoms with Crippen molar-refractivity contribution in [1.29, 1.82) is 0 Å². The zero-order chi connectivity index (χ0) is 22.2. The van der Waals surface area contributed by atoms with Crippen molar-refractivity contribution >= 4 is 29.6 Å². The third-order valence-electron chi connectivity index (χ3n) is 4.33. The highest BCUT2D eigenvalue weighted by Crippen LogP contribution is 2.39. The molecule has 0 fully saturated rings. The van der Waals surface area contributed by atoms with Crippen LogP contribution in [0.5, 0.6) is 0 Å². The Morgan fingerprint density at radius 2 is 1.57 bits per heavy atom. The van der Waals surface area contributed by atoms with Crippen molar-refractivity contribution < 1.29 is 23.9 Å². The van der Waals surface area contributed by atoms with Crippen molar-refractivity contribution in [2.75, 3.05) is 32.2 Å². The van der Waals surface area contributed by atoms with Gasteiger partial charge in [-0.2, -0.15) is 11.8 Å². The number of methoxy groups -OCH3 is 1. The Hall–Kier alpha value is -1.24. The smallest absolute Gasteiger partial charge is 0.313 e. The third-order valence-corrected chi connectivity index (χ3v) is 5.66. The normalized spacial score (nSPS) is 14.2. The standard InChI is InChI=1S/C21H39NO5S/c1-10-12-22(8)16(23)11-13-28-15-21(7,18(25)27-19(2,3)4)14-20(5,6)17(24)26-9/h10-15H2,1-9H3. The lowest BCUT2D eigenvalue weighted by Crippen LogP contribution is -2.42. The van der Waals surface area contributed by atoms with Crippen LogP contribution >= 0.6 is 11.8 Å². The number of rotatable bonds is 11. The fourth-order valence-corrected chi connectivity index (χ4v) is 4.15. The molecule has 0 aromatic rings. The highest BCUT2D eigenvalue weighted by Gasteiger charge is 2.44. The molecule has 0 radical (unpaired) electrons. The van der Waals surface area contributed by atoms with Gasteiger partial charge in [0.05, 0.1) is 17.9 Å². The summed E-state index contributed by atoms with van der Waals surface area (Å²) >= 11 is 1.54. The summed E-state index contributed by atoms with van der Waals surface area (Å²) in [7, 11) is 3.16. The van der Waals surface area contributed by atoms with Gasteiger partial charge in [0.15, 0.2) is 0 Å². The number of carbonyl (C=O) groups is 3. The second-order valence-corrected chi connectivity index (χ2v) is 10.3. The minimum Gasteiger partial charge on any atom is -0.469 e. The number of hydrogen-bond donors (Lipinski definition) is 0. The van der Waals surface area contributed by atoms with Crippen LogP contribution in [-0.2, 0) is 23.9 Å². The molecule has 0 aromatic carbocycles. The van der Waals surface area contributed by atoms with Gasteiger partial charge in [-0.1, -0.05) is 6.92 Å². The third kappa shape index (κ3) is 9.30. The summed E-state index contributed by atoms with van der Waals surface area (Å²) in [5.74, 6) is 0.489. The molecule has 0 aromatic heterocycles. The van der Waals surface area contributed by atoms with Gasteiger partial charge >= 0.3 is 11.9 Å². The van der Waals surface area contributed by atoms with Crippen molar-refractivity contribution in [3.63, 3.8) is 0 Å². The van der Waals surface area contributed by atoms with Gasteiger partial charge in [-0.15, -0.1) is 0 Å². The molecule has 0 spiro atoms. The van der Waals surface area contributed by atoms with Gasteiger partial charge in [-0.25, -0.2) is 0 Å². The second-order valence-electron chi connectivity index (χ2n) is 9.23. The van der Waals surface area contributed by atoms with Crippen LogP contribution in [-0.4, -0.2) is 60.6 Å². The Bertz CT molecular complexity index is 541. The monoisotopic (exact) mass is 417 g/mol. The van der Waals surface area contributed by atoms with Crippen LogP contribution in [0, 0.1) is 10.8 Å². The maximum Gasteiger partial charge on any atom is 0.313 e. The molecular formula is C21H39NO5S. The Labute approximate surface area is 175 Å². The quantitative estimate of drug-likeness (QED) is 0.375. The average Bonchev–Trinajstić information content (AvgIpc) is 2.55. The summed E-state index contributed by atoms with van der Waals surface area (Å²) in [5, 5.41) is 0. The molecule has 0 aliphatic carbocycles. The van der Waals surface area contributed by atoms with Gasteiger partial charge in [-0.05, 0) is 54.4 Å². The van der Waals surface area contributed by atoms with Crippen molar-refractivity contribution in [2.45, 2.75) is 73.3 Å². The molecule has 28 heavy (non-hydrogen) atoms. The molecule has 0 bridgehead atoms. The molecule has 0 saturated heterocycles. The first-order valence-corrected chi connectivity index (χ1v) is 11.0. The van der Waals surface area contributed by atoms with E-state index in [1.807, 2.05) is 34.6 Å². The molecule has 0 rings (SSSR count). The van der Waals surface area contributed by atoms with Crippen molar-refractivity contribution in [3.8, 4) is 0 Å². The Morgan fingerprint density at radius 3 is 2.04 bits per heavy atom. The van der Waals surface area contributed by atoms with Crippen molar-refractivity contribution in [1.82, 2.24) is 4.90 Å². The predicted octanol–water partition coefficient (Wildman–Crippen LogP) is 3.92. The highest BCUT2D eigenvalue weighted by atomic mass is 32.2. The zero-order valence-electron chi connectivity index (χ0n) is 19.1. The molecular weight excluding hydrogens is 378 g/mol. The summed E-state index contributed by atoms with van der Waals surface area (Å²) in [4.78, 5) is 38.9. The van der Waals surface area contributed by atoms with Crippen molar-refractivity contribution in [3.05, 3.63) is 0 Å². The van der Waals surface area contributed by atoms with Crippen LogP contribution in [0.25, 0.3) is 0 Å². The van der Waals surface area contributed by atoms with Gasteiger partial charge in [0.2, 0.25) is 5.91 Å². The van der Waals surface area contributed by atoms with E-state index < -0.39 is 16.4 Å². The molecule has 1 amide bonds. The Kier molecular flexibility index (Phi) is 10.6. The molecule has 0 N–H and O–H groups in total. The van der Waals surface area contributed by atoms with E-state index in [1.54, 1.807) is 25.8 Å². The number of carbonyl (C=O) groups excluding carboxylic acids is 3. The van der Waals surface area contributed by atoms with Crippen LogP contribution in [0.2, 0.25) is 0 Å². The molecule has 7 heteroatoms. The van der Waals surface area contributed by atoms with Gasteiger partial charge in [-0.3, -0.25) is 14.4 Å². The summed E-state index contributed by atoms with van der Waals surface area (Å²) in [6.07, 6.45) is 1.65. The molecule has 0 aliphatic rings. The summed E-state index contributed by atoms with van der Waals surface area (Å²) in [6, 6.07) is 0. The van der Waals surface area contributed by atoms with E-state index in [-0.39, 0.29) is 17.8 Å². The minimum atomic E-state index is -0.867. The highest BCUT2D eigenvalue weighted by molar-refractivity contribution is 7.99. The summed E-state index contributed by atoms with van der Waals surface area (Å²) in [6.45, 7) is 13.6. The predicted molar refractivity (Wildman–Crippen MR) is 114 cm³/mol. The van der Waals surface area contributed by atoms with Crippen LogP contribution in [0.4, 0.5) is 0 Å². The first-order valence-electron chi connectivity index (χ1n) is 9.82. The van der Waals surface area contributed by atoms with Gasteiger partial charge in [0.1, 0.15) is 5.60 Å². The van der Waals surface area contributed by atoms with Crippen LogP contribution in [0.15, 0.2) is 0 Å². The largest absolute Gasteiger partial charge is 0.469 e. The lowest BCUT2D eigenvalue weighted by Gasteiger charge is -2.36. The molecule has 164 valence electrons. The van der Waals surface area contributed by atoms with Gasteiger partial charge in [0.25, 0.3) is 0 Å². The van der Waals surface area contributed by atoms with E-state index in [2.05, 4.69) is 0 Å². The SMILES string of the molecule is CCCN(C)C(=O)CCSCC(C)(CC(C)(C)C(=O)OC)C(=O)OC(C)(C)C. The first-order chi connectivity index (χ1) is 12.7. The molecule has 0 aliphatic heterocycles. The van der Waals surface area contributed by atoms with E-state index in [0.717, 1.165) is 13.0 Å². The zero-order valence-corrected chi connectivity index (χ0v) is 20.0. The number of esters is 2. The van der Waals surface area contributed by atoms with Crippen LogP contribution in [0.1, 0.15) is 67.7 Å². The Morgan fingerprint density at radius 1 is 1.00 bits per heavy atom. The van der Waals surface area contributed by atoms with Crippen LogP contribution < -0.4 is 0 Å². The number of ether oxygens (including phenoxy) is 2. The molecule has 6 nitrogen and oxygen atoms in total. The van der Waals surface area contributed by atoms with E-state index in [9.17, 15) is 14.4 Å². The van der Waals surface area contributed by atoms with E-state index in [4.69, 9.17) is 9.47 Å². The van der Waals surface area contributed by atoms with Crippen LogP contribution in [0.3, 0.4) is 0 Å². The topological polar surface area (TPSA) is 72.9 Å². The van der Waals surface area contributed by atoms with E-state index in [0.29, 0.717) is 24.3 Å². The maximum absolute atomic E-state index is 12.9.